The highest BCUT2D eigenvalue weighted by atomic mass is 14.9. The van der Waals surface area contributed by atoms with Crippen molar-refractivity contribution in [3.63, 3.8) is 0 Å². The molecule has 1 fully saturated rings. The van der Waals surface area contributed by atoms with Gasteiger partial charge in [0.1, 0.15) is 11.9 Å². The smallest absolute Gasteiger partial charge is 0.128 e. The van der Waals surface area contributed by atoms with Crippen molar-refractivity contribution in [2.45, 2.75) is 84.0 Å². The van der Waals surface area contributed by atoms with Gasteiger partial charge in [-0.15, -0.1) is 0 Å². The van der Waals surface area contributed by atoms with Gasteiger partial charge in [-0.1, -0.05) is 26.3 Å². The summed E-state index contributed by atoms with van der Waals surface area (Å²) in [6.45, 7) is 4.59. The van der Waals surface area contributed by atoms with E-state index in [1.807, 2.05) is 12.1 Å². The highest BCUT2D eigenvalue weighted by Crippen LogP contribution is 2.43. The van der Waals surface area contributed by atoms with Crippen LogP contribution >= 0.6 is 0 Å². The number of aryl methyl sites for hydroxylation is 2. The first-order valence-electron chi connectivity index (χ1n) is 11.2. The van der Waals surface area contributed by atoms with Crippen molar-refractivity contribution in [1.82, 2.24) is 9.97 Å². The highest BCUT2D eigenvalue weighted by Gasteiger charge is 2.34. The van der Waals surface area contributed by atoms with Crippen LogP contribution in [0.4, 0.5) is 5.69 Å². The summed E-state index contributed by atoms with van der Waals surface area (Å²) < 4.78 is 0. The number of nitrogen functional groups attached to an aromatic ring is 1. The summed E-state index contributed by atoms with van der Waals surface area (Å²) in [7, 11) is 0. The molecule has 0 saturated heterocycles. The van der Waals surface area contributed by atoms with E-state index < -0.39 is 0 Å². The number of benzene rings is 1. The second kappa shape index (κ2) is 8.14. The van der Waals surface area contributed by atoms with Gasteiger partial charge in [0, 0.05) is 23.7 Å². The first kappa shape index (κ1) is 19.9. The third-order valence-corrected chi connectivity index (χ3v) is 7.04. The number of nitrogens with two attached hydrogens (primary N) is 1. The minimum absolute atomic E-state index is 0.301. The second-order valence-electron chi connectivity index (χ2n) is 9.31. The molecule has 1 aromatic carbocycles. The standard InChI is InChI=1S/C25H32N4/c1-3-23-28-22-15-25(2,13-11-20(22)24(29-23)18-7-4-8-18)12-5-6-17-9-10-21(27)19(14-17)16-26/h9-10,14,18H,3-8,11-13,15,27H2,1-2H3. The maximum Gasteiger partial charge on any atom is 0.128 e. The molecule has 0 spiro atoms. The fourth-order valence-electron chi connectivity index (χ4n) is 4.91. The van der Waals surface area contributed by atoms with Crippen LogP contribution in [0.5, 0.6) is 0 Å². The number of hydrogen-bond donors (Lipinski definition) is 1. The molecular weight excluding hydrogens is 356 g/mol. The van der Waals surface area contributed by atoms with Crippen molar-refractivity contribution in [2.75, 3.05) is 5.73 Å². The summed E-state index contributed by atoms with van der Waals surface area (Å²) in [6, 6.07) is 8.05. The Hall–Kier alpha value is -2.41. The summed E-state index contributed by atoms with van der Waals surface area (Å²) in [4.78, 5) is 9.92. The summed E-state index contributed by atoms with van der Waals surface area (Å²) in [5.41, 5.74) is 12.7. The molecule has 1 heterocycles. The third kappa shape index (κ3) is 4.15. The largest absolute Gasteiger partial charge is 0.398 e. The van der Waals surface area contributed by atoms with E-state index in [1.54, 1.807) is 0 Å². The molecule has 1 atom stereocenters. The predicted octanol–water partition coefficient (Wildman–Crippen LogP) is 5.28. The van der Waals surface area contributed by atoms with Crippen LogP contribution in [0.15, 0.2) is 18.2 Å². The Balaban J connectivity index is 1.45. The van der Waals surface area contributed by atoms with Crippen molar-refractivity contribution < 1.29 is 0 Å². The zero-order valence-corrected chi connectivity index (χ0v) is 17.8. The van der Waals surface area contributed by atoms with Crippen LogP contribution in [-0.2, 0) is 25.7 Å². The Labute approximate surface area is 174 Å². The van der Waals surface area contributed by atoms with Crippen molar-refractivity contribution in [2.24, 2.45) is 5.41 Å². The number of rotatable bonds is 6. The zero-order chi connectivity index (χ0) is 20.4. The topological polar surface area (TPSA) is 75.6 Å². The minimum atomic E-state index is 0.301. The molecule has 4 nitrogen and oxygen atoms in total. The van der Waals surface area contributed by atoms with Gasteiger partial charge in [-0.05, 0) is 80.0 Å². The quantitative estimate of drug-likeness (QED) is 0.683. The summed E-state index contributed by atoms with van der Waals surface area (Å²) in [5, 5.41) is 9.19. The van der Waals surface area contributed by atoms with Crippen LogP contribution in [-0.4, -0.2) is 9.97 Å². The Kier molecular flexibility index (Phi) is 5.58. The van der Waals surface area contributed by atoms with Crippen molar-refractivity contribution in [1.29, 1.82) is 5.26 Å². The first-order valence-corrected chi connectivity index (χ1v) is 11.2. The lowest BCUT2D eigenvalue weighted by Crippen LogP contribution is -2.29. The highest BCUT2D eigenvalue weighted by molar-refractivity contribution is 5.55. The van der Waals surface area contributed by atoms with Crippen molar-refractivity contribution in [3.05, 3.63) is 52.1 Å². The van der Waals surface area contributed by atoms with Gasteiger partial charge >= 0.3 is 0 Å². The summed E-state index contributed by atoms with van der Waals surface area (Å²) in [6.07, 6.45) is 11.6. The number of nitrogens with zero attached hydrogens (tertiary/aromatic N) is 3. The Bertz CT molecular complexity index is 939. The van der Waals surface area contributed by atoms with Gasteiger partial charge in [0.25, 0.3) is 0 Å². The van der Waals surface area contributed by atoms with Gasteiger partial charge in [-0.3, -0.25) is 0 Å². The minimum Gasteiger partial charge on any atom is -0.398 e. The van der Waals surface area contributed by atoms with Crippen LogP contribution in [0.2, 0.25) is 0 Å². The molecule has 0 bridgehead atoms. The molecule has 2 aliphatic carbocycles. The number of anilines is 1. The maximum atomic E-state index is 9.19. The SMILES string of the molecule is CCc1nc2c(c(C3CCC3)n1)CCC(C)(CCCc1ccc(N)c(C#N)c1)C2. The van der Waals surface area contributed by atoms with Crippen LogP contribution in [0.25, 0.3) is 0 Å². The molecule has 2 aliphatic rings. The molecule has 2 N–H and O–H groups in total. The van der Waals surface area contributed by atoms with E-state index in [2.05, 4.69) is 26.0 Å². The van der Waals surface area contributed by atoms with E-state index in [4.69, 9.17) is 15.7 Å². The Morgan fingerprint density at radius 1 is 1.28 bits per heavy atom. The van der Waals surface area contributed by atoms with Gasteiger partial charge in [0.2, 0.25) is 0 Å². The van der Waals surface area contributed by atoms with Gasteiger partial charge in [-0.2, -0.15) is 5.26 Å². The lowest BCUT2D eigenvalue weighted by molar-refractivity contribution is 0.243. The molecule has 2 aromatic rings. The molecule has 0 radical (unpaired) electrons. The maximum absolute atomic E-state index is 9.19. The molecule has 152 valence electrons. The molecule has 4 heteroatoms. The van der Waals surface area contributed by atoms with E-state index in [-0.39, 0.29) is 0 Å². The summed E-state index contributed by atoms with van der Waals surface area (Å²) in [5.74, 6) is 1.71. The second-order valence-corrected chi connectivity index (χ2v) is 9.31. The van der Waals surface area contributed by atoms with Gasteiger partial charge in [0.05, 0.1) is 11.3 Å². The van der Waals surface area contributed by atoms with E-state index in [1.165, 1.54) is 54.6 Å². The van der Waals surface area contributed by atoms with Crippen LogP contribution < -0.4 is 5.73 Å². The van der Waals surface area contributed by atoms with Crippen molar-refractivity contribution in [3.8, 4) is 6.07 Å². The molecule has 1 saturated carbocycles. The fourth-order valence-corrected chi connectivity index (χ4v) is 4.91. The van der Waals surface area contributed by atoms with E-state index in [0.717, 1.165) is 37.9 Å². The summed E-state index contributed by atoms with van der Waals surface area (Å²) >= 11 is 0. The molecule has 4 rings (SSSR count). The fraction of sp³-hybridized carbons (Fsp3) is 0.560. The molecule has 29 heavy (non-hydrogen) atoms. The zero-order valence-electron chi connectivity index (χ0n) is 17.8. The average Bonchev–Trinajstić information content (AvgIpc) is 2.67. The lowest BCUT2D eigenvalue weighted by Gasteiger charge is -2.37. The average molecular weight is 389 g/mol. The molecular formula is C25H32N4. The monoisotopic (exact) mass is 388 g/mol. The Morgan fingerprint density at radius 3 is 2.79 bits per heavy atom. The number of nitriles is 1. The van der Waals surface area contributed by atoms with Crippen LogP contribution in [0, 0.1) is 16.7 Å². The molecule has 0 aliphatic heterocycles. The number of aromatic nitrogens is 2. The van der Waals surface area contributed by atoms with Gasteiger partial charge < -0.3 is 5.73 Å². The van der Waals surface area contributed by atoms with Crippen molar-refractivity contribution >= 4 is 5.69 Å². The third-order valence-electron chi connectivity index (χ3n) is 7.04. The first-order chi connectivity index (χ1) is 14.0. The molecule has 1 aromatic heterocycles. The normalized spacial score (nSPS) is 21.3. The molecule has 0 amide bonds. The van der Waals surface area contributed by atoms with E-state index in [9.17, 15) is 5.26 Å². The predicted molar refractivity (Wildman–Crippen MR) is 117 cm³/mol. The number of fused-ring (bicyclic) bond motifs is 1. The molecule has 1 unspecified atom stereocenters. The van der Waals surface area contributed by atoms with Gasteiger partial charge in [0.15, 0.2) is 0 Å². The van der Waals surface area contributed by atoms with Crippen LogP contribution in [0.1, 0.15) is 92.2 Å². The van der Waals surface area contributed by atoms with E-state index >= 15 is 0 Å². The van der Waals surface area contributed by atoms with Crippen LogP contribution in [0.3, 0.4) is 0 Å². The Morgan fingerprint density at radius 2 is 2.10 bits per heavy atom. The lowest BCUT2D eigenvalue weighted by atomic mass is 9.69. The van der Waals surface area contributed by atoms with E-state index in [0.29, 0.717) is 22.6 Å². The number of hydrogen-bond acceptors (Lipinski definition) is 4. The van der Waals surface area contributed by atoms with Gasteiger partial charge in [-0.25, -0.2) is 9.97 Å².